The Balaban J connectivity index is 2.78. The fourth-order valence-corrected chi connectivity index (χ4v) is 1.40. The third-order valence-corrected chi connectivity index (χ3v) is 2.21. The quantitative estimate of drug-likeness (QED) is 0.784. The van der Waals surface area contributed by atoms with E-state index in [2.05, 4.69) is 20.3 Å². The molecule has 0 radical (unpaired) electrons. The highest BCUT2D eigenvalue weighted by Gasteiger charge is 2.12. The van der Waals surface area contributed by atoms with Crippen molar-refractivity contribution >= 4 is 11.2 Å². The largest absolute Gasteiger partial charge is 0.308 e. The van der Waals surface area contributed by atoms with Crippen molar-refractivity contribution in [2.45, 2.75) is 33.2 Å². The number of rotatable bonds is 2. The predicted octanol–water partition coefficient (Wildman–Crippen LogP) is 0.658. The van der Waals surface area contributed by atoms with E-state index in [1.165, 1.54) is 0 Å². The zero-order chi connectivity index (χ0) is 11.0. The molecule has 6 nitrogen and oxygen atoms in total. The van der Waals surface area contributed by atoms with Gasteiger partial charge in [0.25, 0.3) is 5.56 Å². The molecule has 15 heavy (non-hydrogen) atoms. The van der Waals surface area contributed by atoms with E-state index in [4.69, 9.17) is 0 Å². The molecule has 1 N–H and O–H groups in total. The molecule has 0 unspecified atom stereocenters. The molecule has 0 spiro atoms. The summed E-state index contributed by atoms with van der Waals surface area (Å²) in [6.45, 7) is 5.89. The lowest BCUT2D eigenvalue weighted by atomic mass is 10.4. The molecule has 2 aromatic heterocycles. The Morgan fingerprint density at radius 2 is 2.20 bits per heavy atom. The van der Waals surface area contributed by atoms with Crippen LogP contribution in [0, 0.1) is 0 Å². The molecule has 2 rings (SSSR count). The van der Waals surface area contributed by atoms with Gasteiger partial charge in [0.1, 0.15) is 5.82 Å². The van der Waals surface area contributed by atoms with Crippen LogP contribution in [0.4, 0.5) is 0 Å². The Labute approximate surface area is 86.3 Å². The summed E-state index contributed by atoms with van der Waals surface area (Å²) in [5.41, 5.74) is 0.648. The highest BCUT2D eigenvalue weighted by Crippen LogP contribution is 2.09. The Bertz CT molecular complexity index is 539. The number of hydrogen-bond donors (Lipinski definition) is 1. The standard InChI is InChI=1S/C9H13N5O/c1-4-6-10-8-7(9(15)11-6)12-13-14(8)5(2)3/h5H,4H2,1-3H3,(H,10,11,15). The van der Waals surface area contributed by atoms with Gasteiger partial charge < -0.3 is 4.98 Å². The van der Waals surface area contributed by atoms with E-state index in [0.29, 0.717) is 23.4 Å². The van der Waals surface area contributed by atoms with Crippen molar-refractivity contribution in [2.75, 3.05) is 0 Å². The first-order chi connectivity index (χ1) is 7.13. The van der Waals surface area contributed by atoms with Crippen LogP contribution >= 0.6 is 0 Å². The topological polar surface area (TPSA) is 76.5 Å². The van der Waals surface area contributed by atoms with Crippen molar-refractivity contribution in [3.05, 3.63) is 16.2 Å². The number of fused-ring (bicyclic) bond motifs is 1. The Hall–Kier alpha value is -1.72. The number of aromatic nitrogens is 5. The monoisotopic (exact) mass is 207 g/mol. The van der Waals surface area contributed by atoms with Gasteiger partial charge in [0, 0.05) is 6.42 Å². The number of H-pyrrole nitrogens is 1. The summed E-state index contributed by atoms with van der Waals surface area (Å²) in [6.07, 6.45) is 0.689. The number of nitrogens with zero attached hydrogens (tertiary/aromatic N) is 4. The maximum Gasteiger partial charge on any atom is 0.281 e. The zero-order valence-corrected chi connectivity index (χ0v) is 8.98. The van der Waals surface area contributed by atoms with Crippen LogP contribution < -0.4 is 5.56 Å². The van der Waals surface area contributed by atoms with E-state index in [1.54, 1.807) is 4.68 Å². The van der Waals surface area contributed by atoms with Gasteiger partial charge in [-0.2, -0.15) is 0 Å². The van der Waals surface area contributed by atoms with Crippen LogP contribution in [0.25, 0.3) is 11.2 Å². The second kappa shape index (κ2) is 3.45. The molecular weight excluding hydrogens is 194 g/mol. The Kier molecular flexibility index (Phi) is 2.26. The van der Waals surface area contributed by atoms with Crippen LogP contribution in [0.1, 0.15) is 32.6 Å². The smallest absolute Gasteiger partial charge is 0.281 e. The number of aromatic amines is 1. The summed E-state index contributed by atoms with van der Waals surface area (Å²) in [4.78, 5) is 18.6. The van der Waals surface area contributed by atoms with Gasteiger partial charge in [0.05, 0.1) is 6.04 Å². The van der Waals surface area contributed by atoms with Crippen molar-refractivity contribution in [3.63, 3.8) is 0 Å². The van der Waals surface area contributed by atoms with Gasteiger partial charge in [-0.25, -0.2) is 9.67 Å². The van der Waals surface area contributed by atoms with Crippen molar-refractivity contribution < 1.29 is 0 Å². The lowest BCUT2D eigenvalue weighted by Gasteiger charge is -2.04. The molecule has 0 fully saturated rings. The summed E-state index contributed by atoms with van der Waals surface area (Å²) in [6, 6.07) is 0.147. The summed E-state index contributed by atoms with van der Waals surface area (Å²) in [5.74, 6) is 0.664. The summed E-state index contributed by atoms with van der Waals surface area (Å²) in [5, 5.41) is 7.74. The van der Waals surface area contributed by atoms with Gasteiger partial charge in [0.15, 0.2) is 11.2 Å². The normalized spacial score (nSPS) is 11.5. The van der Waals surface area contributed by atoms with Crippen LogP contribution in [-0.2, 0) is 6.42 Å². The van der Waals surface area contributed by atoms with Gasteiger partial charge in [-0.15, -0.1) is 5.10 Å². The van der Waals surface area contributed by atoms with Crippen LogP contribution in [0.15, 0.2) is 4.79 Å². The summed E-state index contributed by atoms with van der Waals surface area (Å²) < 4.78 is 1.66. The van der Waals surface area contributed by atoms with Crippen LogP contribution in [0.2, 0.25) is 0 Å². The molecular formula is C9H13N5O. The lowest BCUT2D eigenvalue weighted by Crippen LogP contribution is -2.13. The van der Waals surface area contributed by atoms with E-state index in [1.807, 2.05) is 20.8 Å². The van der Waals surface area contributed by atoms with Gasteiger partial charge in [-0.3, -0.25) is 4.79 Å². The average molecular weight is 207 g/mol. The van der Waals surface area contributed by atoms with Gasteiger partial charge in [-0.1, -0.05) is 12.1 Å². The summed E-state index contributed by atoms with van der Waals surface area (Å²) in [7, 11) is 0. The van der Waals surface area contributed by atoms with E-state index in [9.17, 15) is 4.79 Å². The first kappa shape index (κ1) is 9.82. The van der Waals surface area contributed by atoms with E-state index >= 15 is 0 Å². The molecule has 0 aliphatic carbocycles. The molecule has 0 aromatic carbocycles. The van der Waals surface area contributed by atoms with E-state index in [0.717, 1.165) is 0 Å². The zero-order valence-electron chi connectivity index (χ0n) is 8.98. The second-order valence-electron chi connectivity index (χ2n) is 3.67. The van der Waals surface area contributed by atoms with E-state index in [-0.39, 0.29) is 11.6 Å². The van der Waals surface area contributed by atoms with Crippen LogP contribution in [0.5, 0.6) is 0 Å². The van der Waals surface area contributed by atoms with Crippen molar-refractivity contribution in [1.29, 1.82) is 0 Å². The lowest BCUT2D eigenvalue weighted by molar-refractivity contribution is 0.525. The molecule has 2 aromatic rings. The molecule has 80 valence electrons. The molecule has 0 bridgehead atoms. The molecule has 0 aliphatic rings. The molecule has 0 aliphatic heterocycles. The average Bonchev–Trinajstić information content (AvgIpc) is 2.61. The van der Waals surface area contributed by atoms with Crippen molar-refractivity contribution in [1.82, 2.24) is 25.0 Å². The van der Waals surface area contributed by atoms with E-state index < -0.39 is 0 Å². The molecule has 0 atom stereocenters. The number of hydrogen-bond acceptors (Lipinski definition) is 4. The minimum Gasteiger partial charge on any atom is -0.308 e. The van der Waals surface area contributed by atoms with Crippen molar-refractivity contribution in [3.8, 4) is 0 Å². The number of nitrogens with one attached hydrogen (secondary N) is 1. The molecule has 6 heteroatoms. The van der Waals surface area contributed by atoms with Gasteiger partial charge in [0.2, 0.25) is 0 Å². The maximum absolute atomic E-state index is 11.6. The molecule has 2 heterocycles. The SMILES string of the molecule is CCc1nc2c(nnn2C(C)C)c(=O)[nH]1. The minimum atomic E-state index is -0.219. The predicted molar refractivity (Wildman–Crippen MR) is 55.7 cm³/mol. The maximum atomic E-state index is 11.6. The molecule has 0 saturated heterocycles. The molecule has 0 amide bonds. The van der Waals surface area contributed by atoms with Gasteiger partial charge in [-0.05, 0) is 13.8 Å². The fourth-order valence-electron chi connectivity index (χ4n) is 1.40. The second-order valence-corrected chi connectivity index (χ2v) is 3.67. The first-order valence-electron chi connectivity index (χ1n) is 4.97. The third kappa shape index (κ3) is 1.51. The number of aryl methyl sites for hydroxylation is 1. The van der Waals surface area contributed by atoms with Crippen molar-refractivity contribution in [2.24, 2.45) is 0 Å². The summed E-state index contributed by atoms with van der Waals surface area (Å²) >= 11 is 0. The third-order valence-electron chi connectivity index (χ3n) is 2.21. The van der Waals surface area contributed by atoms with Crippen LogP contribution in [-0.4, -0.2) is 25.0 Å². The van der Waals surface area contributed by atoms with Gasteiger partial charge >= 0.3 is 0 Å². The highest BCUT2D eigenvalue weighted by molar-refractivity contribution is 5.68. The fraction of sp³-hybridized carbons (Fsp3) is 0.556. The minimum absolute atomic E-state index is 0.147. The van der Waals surface area contributed by atoms with Crippen LogP contribution in [0.3, 0.4) is 0 Å². The Morgan fingerprint density at radius 3 is 2.80 bits per heavy atom. The highest BCUT2D eigenvalue weighted by atomic mass is 16.1. The first-order valence-corrected chi connectivity index (χ1v) is 4.97. The Morgan fingerprint density at radius 1 is 1.47 bits per heavy atom. The molecule has 0 saturated carbocycles.